The van der Waals surface area contributed by atoms with E-state index in [-0.39, 0.29) is 23.0 Å². The van der Waals surface area contributed by atoms with Gasteiger partial charge in [-0.15, -0.1) is 0 Å². The Labute approximate surface area is 122 Å². The van der Waals surface area contributed by atoms with Crippen LogP contribution in [0, 0.1) is 0 Å². The van der Waals surface area contributed by atoms with E-state index in [0.717, 1.165) is 5.56 Å². The van der Waals surface area contributed by atoms with Crippen LogP contribution in [-0.2, 0) is 11.2 Å². The van der Waals surface area contributed by atoms with E-state index in [2.05, 4.69) is 15.3 Å². The van der Waals surface area contributed by atoms with Gasteiger partial charge in [-0.3, -0.25) is 14.7 Å². The summed E-state index contributed by atoms with van der Waals surface area (Å²) in [6.07, 6.45) is 2.28. The minimum absolute atomic E-state index is 0.0383. The van der Waals surface area contributed by atoms with Crippen LogP contribution in [0.25, 0.3) is 0 Å². The molecule has 1 aliphatic rings. The van der Waals surface area contributed by atoms with Crippen LogP contribution in [0.1, 0.15) is 35.5 Å². The highest BCUT2D eigenvalue weighted by Crippen LogP contribution is 2.22. The lowest BCUT2D eigenvalue weighted by molar-refractivity contribution is -0.127. The summed E-state index contributed by atoms with van der Waals surface area (Å²) < 4.78 is 0. The number of carbonyl (C=O) groups excluding carboxylic acids is 1. The van der Waals surface area contributed by atoms with Crippen LogP contribution < -0.4 is 5.32 Å². The molecule has 1 aromatic heterocycles. The van der Waals surface area contributed by atoms with Crippen LogP contribution in [0.3, 0.4) is 0 Å². The fourth-order valence-corrected chi connectivity index (χ4v) is 1.99. The number of nitrogens with zero attached hydrogens (tertiary/aromatic N) is 3. The second kappa shape index (κ2) is 5.25. The number of amides is 1. The molecule has 0 bridgehead atoms. The number of nitrogens with one attached hydrogen (secondary N) is 1. The van der Waals surface area contributed by atoms with E-state index in [4.69, 9.17) is 0 Å². The van der Waals surface area contributed by atoms with Crippen molar-refractivity contribution < 1.29 is 14.7 Å². The average Bonchev–Trinajstić information content (AvgIpc) is 2.75. The number of amidine groups is 1. The van der Waals surface area contributed by atoms with Gasteiger partial charge >= 0.3 is 5.97 Å². The molecule has 1 atom stereocenters. The summed E-state index contributed by atoms with van der Waals surface area (Å²) in [5.41, 5.74) is -0.0255. The summed E-state index contributed by atoms with van der Waals surface area (Å²) in [6.45, 7) is 3.58. The molecule has 0 radical (unpaired) electrons. The molecule has 0 saturated heterocycles. The van der Waals surface area contributed by atoms with Crippen LogP contribution >= 0.6 is 0 Å². The Kier molecular flexibility index (Phi) is 3.78. The van der Waals surface area contributed by atoms with E-state index in [1.807, 2.05) is 6.92 Å². The molecule has 2 heterocycles. The summed E-state index contributed by atoms with van der Waals surface area (Å²) in [6, 6.07) is 1.56. The predicted molar refractivity (Wildman–Crippen MR) is 77.3 cm³/mol. The quantitative estimate of drug-likeness (QED) is 0.842. The summed E-state index contributed by atoms with van der Waals surface area (Å²) in [5.74, 6) is -1.21. The molecule has 2 rings (SSSR count). The molecule has 1 aliphatic heterocycles. The van der Waals surface area contributed by atoms with Crippen molar-refractivity contribution in [3.8, 4) is 0 Å². The van der Waals surface area contributed by atoms with E-state index in [9.17, 15) is 14.7 Å². The van der Waals surface area contributed by atoms with E-state index in [0.29, 0.717) is 6.42 Å². The molecular formula is C14H18N4O3. The van der Waals surface area contributed by atoms with Gasteiger partial charge in [-0.05, 0) is 39.1 Å². The van der Waals surface area contributed by atoms with E-state index >= 15 is 0 Å². The Morgan fingerprint density at radius 2 is 2.14 bits per heavy atom. The highest BCUT2D eigenvalue weighted by molar-refractivity contribution is 6.17. The van der Waals surface area contributed by atoms with Crippen molar-refractivity contribution in [2.24, 2.45) is 4.99 Å². The summed E-state index contributed by atoms with van der Waals surface area (Å²) in [7, 11) is 3.47. The molecule has 0 fully saturated rings. The molecular weight excluding hydrogens is 272 g/mol. The molecule has 1 aromatic rings. The number of pyridine rings is 1. The Hall–Kier alpha value is -2.28. The van der Waals surface area contributed by atoms with Crippen molar-refractivity contribution in [2.45, 2.75) is 25.9 Å². The second-order valence-electron chi connectivity index (χ2n) is 5.23. The highest BCUT2D eigenvalue weighted by atomic mass is 16.4. The third kappa shape index (κ3) is 2.52. The third-order valence-corrected chi connectivity index (χ3v) is 3.67. The van der Waals surface area contributed by atoms with Crippen LogP contribution in [0.15, 0.2) is 17.3 Å². The van der Waals surface area contributed by atoms with Crippen molar-refractivity contribution in [1.29, 1.82) is 0 Å². The summed E-state index contributed by atoms with van der Waals surface area (Å²) in [5, 5.41) is 12.0. The van der Waals surface area contributed by atoms with Crippen molar-refractivity contribution >= 4 is 17.7 Å². The monoisotopic (exact) mass is 290 g/mol. The Morgan fingerprint density at radius 1 is 1.48 bits per heavy atom. The zero-order chi connectivity index (χ0) is 15.8. The minimum atomic E-state index is -1.09. The van der Waals surface area contributed by atoms with Gasteiger partial charge in [0, 0.05) is 6.20 Å². The Balaban J connectivity index is 2.53. The molecule has 1 unspecified atom stereocenters. The number of rotatable bonds is 4. The van der Waals surface area contributed by atoms with Crippen LogP contribution in [0.2, 0.25) is 0 Å². The third-order valence-electron chi connectivity index (χ3n) is 3.67. The summed E-state index contributed by atoms with van der Waals surface area (Å²) >= 11 is 0. The number of likely N-dealkylation sites (N-methyl/N-ethyl adjacent to an activating group) is 1. The topological polar surface area (TPSA) is 94.9 Å². The number of carboxylic acid groups (broad SMARTS) is 1. The lowest BCUT2D eigenvalue weighted by Gasteiger charge is -2.25. The minimum Gasteiger partial charge on any atom is -0.478 e. The van der Waals surface area contributed by atoms with Crippen molar-refractivity contribution in [2.75, 3.05) is 14.1 Å². The van der Waals surface area contributed by atoms with Gasteiger partial charge in [-0.2, -0.15) is 0 Å². The first-order chi connectivity index (χ1) is 9.79. The van der Waals surface area contributed by atoms with E-state index in [1.54, 1.807) is 38.2 Å². The fourth-order valence-electron chi connectivity index (χ4n) is 1.99. The average molecular weight is 290 g/mol. The van der Waals surface area contributed by atoms with E-state index in [1.165, 1.54) is 0 Å². The van der Waals surface area contributed by atoms with Gasteiger partial charge in [-0.25, -0.2) is 9.79 Å². The standard InChI is InChI=1S/C14H18N4O3/c1-5-8-6-9(12(19)20)10(15-7-8)11-16-13(21)14(2,17-11)18(3)4/h6-7H,5H2,1-4H3,(H,19,20)(H,16,17,21). The number of aliphatic imine (C=N–C) groups is 1. The predicted octanol–water partition coefficient (Wildman–Crippen LogP) is 0.496. The first-order valence-electron chi connectivity index (χ1n) is 6.61. The Morgan fingerprint density at radius 3 is 2.62 bits per heavy atom. The molecule has 2 N–H and O–H groups in total. The molecule has 21 heavy (non-hydrogen) atoms. The Bertz CT molecular complexity index is 639. The van der Waals surface area contributed by atoms with Crippen molar-refractivity contribution in [3.05, 3.63) is 29.1 Å². The maximum Gasteiger partial charge on any atom is 0.338 e. The number of carboxylic acids is 1. The van der Waals surface area contributed by atoms with Gasteiger partial charge < -0.3 is 10.4 Å². The second-order valence-corrected chi connectivity index (χ2v) is 5.23. The van der Waals surface area contributed by atoms with Crippen molar-refractivity contribution in [3.63, 3.8) is 0 Å². The number of hydrogen-bond acceptors (Lipinski definition) is 5. The van der Waals surface area contributed by atoms with Gasteiger partial charge in [0.05, 0.1) is 5.56 Å². The molecule has 7 heteroatoms. The van der Waals surface area contributed by atoms with Crippen molar-refractivity contribution in [1.82, 2.24) is 15.2 Å². The van der Waals surface area contributed by atoms with Gasteiger partial charge in [0.15, 0.2) is 11.5 Å². The lowest BCUT2D eigenvalue weighted by atomic mass is 10.1. The maximum atomic E-state index is 12.1. The zero-order valence-electron chi connectivity index (χ0n) is 12.5. The number of aromatic nitrogens is 1. The molecule has 0 spiro atoms. The largest absolute Gasteiger partial charge is 0.478 e. The lowest BCUT2D eigenvalue weighted by Crippen LogP contribution is -2.48. The van der Waals surface area contributed by atoms with Crippen LogP contribution in [0.5, 0.6) is 0 Å². The normalized spacial score (nSPS) is 21.4. The highest BCUT2D eigenvalue weighted by Gasteiger charge is 2.42. The van der Waals surface area contributed by atoms with Crippen LogP contribution in [-0.4, -0.2) is 52.5 Å². The first-order valence-corrected chi connectivity index (χ1v) is 6.61. The molecule has 0 aromatic carbocycles. The summed E-state index contributed by atoms with van der Waals surface area (Å²) in [4.78, 5) is 33.6. The molecule has 7 nitrogen and oxygen atoms in total. The van der Waals surface area contributed by atoms with Gasteiger partial charge in [0.2, 0.25) is 0 Å². The number of hydrogen-bond donors (Lipinski definition) is 2. The fraction of sp³-hybridized carbons (Fsp3) is 0.429. The van der Waals surface area contributed by atoms with Gasteiger partial charge in [0.1, 0.15) is 5.69 Å². The number of aromatic carboxylic acids is 1. The molecule has 0 aliphatic carbocycles. The first kappa shape index (κ1) is 15.1. The number of carbonyl (C=O) groups is 2. The molecule has 0 saturated carbocycles. The maximum absolute atomic E-state index is 12.1. The number of aryl methyl sites for hydroxylation is 1. The SMILES string of the molecule is CCc1cnc(C2=NC(C)(N(C)C)C(=O)N2)c(C(=O)O)c1. The zero-order valence-corrected chi connectivity index (χ0v) is 12.5. The van der Waals surface area contributed by atoms with E-state index < -0.39 is 11.6 Å². The molecule has 112 valence electrons. The van der Waals surface area contributed by atoms with Crippen LogP contribution in [0.4, 0.5) is 0 Å². The smallest absolute Gasteiger partial charge is 0.338 e. The van der Waals surface area contributed by atoms with Gasteiger partial charge in [0.25, 0.3) is 5.91 Å². The van der Waals surface area contributed by atoms with Gasteiger partial charge in [-0.1, -0.05) is 6.92 Å². The molecule has 1 amide bonds.